The van der Waals surface area contributed by atoms with Gasteiger partial charge in [0.05, 0.1) is 5.54 Å². The van der Waals surface area contributed by atoms with E-state index in [2.05, 4.69) is 0 Å². The third-order valence-electron chi connectivity index (χ3n) is 1.46. The minimum absolute atomic E-state index is 0.0139. The predicted molar refractivity (Wildman–Crippen MR) is 45.7 cm³/mol. The maximum Gasteiger partial charge on any atom is 0.236 e. The Labute approximate surface area is 68.5 Å². The molecule has 0 aliphatic carbocycles. The van der Waals surface area contributed by atoms with E-state index in [1.54, 1.807) is 0 Å². The van der Waals surface area contributed by atoms with Gasteiger partial charge >= 0.3 is 0 Å². The lowest BCUT2D eigenvalue weighted by molar-refractivity contribution is -0.136. The topological polar surface area (TPSA) is 46.3 Å². The Morgan fingerprint density at radius 1 is 1.45 bits per heavy atom. The number of hydrogen-bond donors (Lipinski definition) is 1. The fourth-order valence-electron chi connectivity index (χ4n) is 0.708. The molecule has 0 aliphatic heterocycles. The Balaban J connectivity index is 4.03. The van der Waals surface area contributed by atoms with Gasteiger partial charge in [-0.15, -0.1) is 0 Å². The van der Waals surface area contributed by atoms with Gasteiger partial charge in [0, 0.05) is 6.42 Å². The lowest BCUT2D eigenvalue weighted by Crippen LogP contribution is -2.50. The van der Waals surface area contributed by atoms with Crippen LogP contribution in [0.1, 0.15) is 40.5 Å². The van der Waals surface area contributed by atoms with E-state index < -0.39 is 0 Å². The Hall–Kier alpha value is -0.570. The van der Waals surface area contributed by atoms with E-state index in [4.69, 9.17) is 5.84 Å². The lowest BCUT2D eigenvalue weighted by Gasteiger charge is -2.30. The molecule has 1 amide bonds. The molecule has 66 valence electrons. The zero-order valence-electron chi connectivity index (χ0n) is 7.85. The summed E-state index contributed by atoms with van der Waals surface area (Å²) in [5, 5.41) is 1.30. The van der Waals surface area contributed by atoms with Crippen LogP contribution in [-0.4, -0.2) is 16.5 Å². The normalized spacial score (nSPS) is 11.4. The molecule has 0 heterocycles. The van der Waals surface area contributed by atoms with Crippen molar-refractivity contribution in [1.29, 1.82) is 0 Å². The van der Waals surface area contributed by atoms with Gasteiger partial charge in [-0.2, -0.15) is 0 Å². The average Bonchev–Trinajstić information content (AvgIpc) is 1.85. The van der Waals surface area contributed by atoms with Crippen molar-refractivity contribution < 1.29 is 4.79 Å². The molecule has 0 saturated heterocycles. The van der Waals surface area contributed by atoms with Gasteiger partial charge in [0.15, 0.2) is 0 Å². The van der Waals surface area contributed by atoms with E-state index in [1.165, 1.54) is 5.01 Å². The summed E-state index contributed by atoms with van der Waals surface area (Å²) in [7, 11) is 0. The summed E-state index contributed by atoms with van der Waals surface area (Å²) in [6, 6.07) is 0. The van der Waals surface area contributed by atoms with Crippen LogP contribution in [0.15, 0.2) is 0 Å². The van der Waals surface area contributed by atoms with Crippen LogP contribution in [-0.2, 0) is 4.79 Å². The second-order valence-electron chi connectivity index (χ2n) is 3.68. The van der Waals surface area contributed by atoms with Crippen LogP contribution >= 0.6 is 0 Å². The fourth-order valence-corrected chi connectivity index (χ4v) is 0.708. The van der Waals surface area contributed by atoms with E-state index in [0.717, 1.165) is 6.42 Å². The van der Waals surface area contributed by atoms with Crippen LogP contribution in [0.3, 0.4) is 0 Å². The molecule has 0 fully saturated rings. The number of carbonyl (C=O) groups excluding carboxylic acids is 1. The molecule has 0 rings (SSSR count). The molecule has 3 heteroatoms. The summed E-state index contributed by atoms with van der Waals surface area (Å²) in [4.78, 5) is 11.2. The van der Waals surface area contributed by atoms with Crippen LogP contribution in [0.25, 0.3) is 0 Å². The Morgan fingerprint density at radius 3 is 2.18 bits per heavy atom. The Morgan fingerprint density at radius 2 is 1.91 bits per heavy atom. The fraction of sp³-hybridized carbons (Fsp3) is 0.875. The second-order valence-corrected chi connectivity index (χ2v) is 3.68. The van der Waals surface area contributed by atoms with E-state index >= 15 is 0 Å². The van der Waals surface area contributed by atoms with Crippen LogP contribution in [0.4, 0.5) is 0 Å². The molecule has 0 atom stereocenters. The second kappa shape index (κ2) is 3.72. The number of nitrogens with zero attached hydrogens (tertiary/aromatic N) is 1. The first-order valence-corrected chi connectivity index (χ1v) is 3.97. The molecule has 11 heavy (non-hydrogen) atoms. The number of hydrogen-bond acceptors (Lipinski definition) is 2. The van der Waals surface area contributed by atoms with Gasteiger partial charge in [-0.1, -0.05) is 6.92 Å². The summed E-state index contributed by atoms with van der Waals surface area (Å²) >= 11 is 0. The van der Waals surface area contributed by atoms with Crippen molar-refractivity contribution in [3.05, 3.63) is 0 Å². The van der Waals surface area contributed by atoms with Crippen molar-refractivity contribution in [2.45, 2.75) is 46.1 Å². The van der Waals surface area contributed by atoms with Crippen molar-refractivity contribution in [2.75, 3.05) is 0 Å². The van der Waals surface area contributed by atoms with Crippen LogP contribution in [0, 0.1) is 0 Å². The molecule has 0 radical (unpaired) electrons. The monoisotopic (exact) mass is 158 g/mol. The maximum atomic E-state index is 11.2. The quantitative estimate of drug-likeness (QED) is 0.374. The number of carbonyl (C=O) groups is 1. The Bertz CT molecular complexity index is 138. The molecular weight excluding hydrogens is 140 g/mol. The SMILES string of the molecule is CCCC(=O)N(N)C(C)(C)C. The first kappa shape index (κ1) is 10.4. The summed E-state index contributed by atoms with van der Waals surface area (Å²) in [5.41, 5.74) is -0.258. The van der Waals surface area contributed by atoms with Gasteiger partial charge in [-0.25, -0.2) is 5.84 Å². The van der Waals surface area contributed by atoms with Crippen LogP contribution in [0.2, 0.25) is 0 Å². The standard InChI is InChI=1S/C8H18N2O/c1-5-6-7(11)10(9)8(2,3)4/h5-6,9H2,1-4H3. The van der Waals surface area contributed by atoms with Crippen molar-refractivity contribution in [3.8, 4) is 0 Å². The van der Waals surface area contributed by atoms with Crippen molar-refractivity contribution in [3.63, 3.8) is 0 Å². The number of amides is 1. The summed E-state index contributed by atoms with van der Waals surface area (Å²) < 4.78 is 0. The molecule has 0 saturated carbocycles. The molecule has 3 nitrogen and oxygen atoms in total. The molecule has 0 bridgehead atoms. The van der Waals surface area contributed by atoms with E-state index in [0.29, 0.717) is 6.42 Å². The maximum absolute atomic E-state index is 11.2. The Kier molecular flexibility index (Phi) is 3.52. The predicted octanol–water partition coefficient (Wildman–Crippen LogP) is 1.29. The molecule has 0 spiro atoms. The molecule has 0 aromatic heterocycles. The zero-order valence-corrected chi connectivity index (χ0v) is 7.85. The molecular formula is C8H18N2O. The van der Waals surface area contributed by atoms with Gasteiger partial charge in [0.25, 0.3) is 0 Å². The van der Waals surface area contributed by atoms with E-state index in [-0.39, 0.29) is 11.4 Å². The minimum atomic E-state index is -0.258. The number of nitrogens with two attached hydrogens (primary N) is 1. The van der Waals surface area contributed by atoms with E-state index in [1.807, 2.05) is 27.7 Å². The zero-order chi connectivity index (χ0) is 9.07. The first-order valence-electron chi connectivity index (χ1n) is 3.97. The van der Waals surface area contributed by atoms with Gasteiger partial charge in [0.2, 0.25) is 5.91 Å². The lowest BCUT2D eigenvalue weighted by atomic mass is 10.1. The third kappa shape index (κ3) is 3.37. The highest BCUT2D eigenvalue weighted by Crippen LogP contribution is 2.09. The average molecular weight is 158 g/mol. The van der Waals surface area contributed by atoms with Gasteiger partial charge in [-0.05, 0) is 27.2 Å². The minimum Gasteiger partial charge on any atom is -0.275 e. The number of hydrazine groups is 1. The highest BCUT2D eigenvalue weighted by molar-refractivity contribution is 5.76. The largest absolute Gasteiger partial charge is 0.275 e. The van der Waals surface area contributed by atoms with Gasteiger partial charge < -0.3 is 0 Å². The molecule has 0 unspecified atom stereocenters. The number of rotatable bonds is 2. The highest BCUT2D eigenvalue weighted by atomic mass is 16.2. The van der Waals surface area contributed by atoms with Crippen molar-refractivity contribution in [1.82, 2.24) is 5.01 Å². The van der Waals surface area contributed by atoms with Gasteiger partial charge in [-0.3, -0.25) is 9.80 Å². The third-order valence-corrected chi connectivity index (χ3v) is 1.46. The van der Waals surface area contributed by atoms with Crippen molar-refractivity contribution in [2.24, 2.45) is 5.84 Å². The van der Waals surface area contributed by atoms with E-state index in [9.17, 15) is 4.79 Å². The van der Waals surface area contributed by atoms with Crippen LogP contribution in [0.5, 0.6) is 0 Å². The molecule has 2 N–H and O–H groups in total. The van der Waals surface area contributed by atoms with Gasteiger partial charge in [0.1, 0.15) is 0 Å². The molecule has 0 aliphatic rings. The highest BCUT2D eigenvalue weighted by Gasteiger charge is 2.21. The molecule has 0 aromatic carbocycles. The summed E-state index contributed by atoms with van der Waals surface area (Å²) in [6.07, 6.45) is 1.39. The summed E-state index contributed by atoms with van der Waals surface area (Å²) in [6.45, 7) is 7.72. The van der Waals surface area contributed by atoms with Crippen molar-refractivity contribution >= 4 is 5.91 Å². The van der Waals surface area contributed by atoms with Crippen LogP contribution < -0.4 is 5.84 Å². The smallest absolute Gasteiger partial charge is 0.236 e. The summed E-state index contributed by atoms with van der Waals surface area (Å²) in [5.74, 6) is 5.58. The first-order chi connectivity index (χ1) is 4.89. The molecule has 0 aromatic rings.